The zero-order valence-electron chi connectivity index (χ0n) is 14.9. The first-order valence-electron chi connectivity index (χ1n) is 9.39. The minimum absolute atomic E-state index is 0.0865. The molecular weight excluding hydrogens is 307 g/mol. The molecule has 4 aliphatic rings. The molecule has 0 saturated heterocycles. The summed E-state index contributed by atoms with van der Waals surface area (Å²) in [6, 6.07) is 0. The molecule has 0 aromatic rings. The molecule has 2 unspecified atom stereocenters. The summed E-state index contributed by atoms with van der Waals surface area (Å²) >= 11 is 0. The van der Waals surface area contributed by atoms with E-state index in [1.165, 1.54) is 0 Å². The van der Waals surface area contributed by atoms with Crippen molar-refractivity contribution < 1.29 is 19.4 Å². The van der Waals surface area contributed by atoms with Gasteiger partial charge < -0.3 is 10.2 Å². The van der Waals surface area contributed by atoms with Gasteiger partial charge in [0.15, 0.2) is 5.78 Å². The van der Waals surface area contributed by atoms with Gasteiger partial charge in [0.05, 0.1) is 11.7 Å². The van der Waals surface area contributed by atoms with E-state index in [0.29, 0.717) is 32.1 Å². The highest BCUT2D eigenvalue weighted by molar-refractivity contribution is 5.91. The lowest BCUT2D eigenvalue weighted by molar-refractivity contribution is -0.225. The van der Waals surface area contributed by atoms with Crippen LogP contribution in [0.2, 0.25) is 0 Å². The van der Waals surface area contributed by atoms with Crippen LogP contribution in [0.3, 0.4) is 0 Å². The van der Waals surface area contributed by atoms with Crippen LogP contribution < -0.4 is 0 Å². The van der Waals surface area contributed by atoms with Crippen LogP contribution in [-0.2, 0) is 4.79 Å². The molecule has 4 heteroatoms. The number of aliphatic hydroxyl groups excluding tert-OH is 1. The maximum Gasteiger partial charge on any atom is 0.155 e. The predicted octanol–water partition coefficient (Wildman–Crippen LogP) is 3.33. The van der Waals surface area contributed by atoms with Gasteiger partial charge in [-0.05, 0) is 57.4 Å². The predicted molar refractivity (Wildman–Crippen MR) is 89.1 cm³/mol. The lowest BCUT2D eigenvalue weighted by Gasteiger charge is -2.63. The van der Waals surface area contributed by atoms with Crippen LogP contribution in [0, 0.1) is 22.7 Å². The molecule has 0 heterocycles. The smallest absolute Gasteiger partial charge is 0.155 e. The Morgan fingerprint density at radius 2 is 1.83 bits per heavy atom. The van der Waals surface area contributed by atoms with Gasteiger partial charge in [-0.3, -0.25) is 4.79 Å². The van der Waals surface area contributed by atoms with Crippen LogP contribution in [0.15, 0.2) is 11.6 Å². The minimum atomic E-state index is -1.69. The molecule has 134 valence electrons. The van der Waals surface area contributed by atoms with Crippen LogP contribution in [0.4, 0.5) is 4.39 Å². The van der Waals surface area contributed by atoms with Crippen molar-refractivity contribution in [2.24, 2.45) is 22.7 Å². The van der Waals surface area contributed by atoms with Gasteiger partial charge in [-0.1, -0.05) is 19.4 Å². The lowest BCUT2D eigenvalue weighted by atomic mass is 9.44. The molecule has 7 atom stereocenters. The van der Waals surface area contributed by atoms with Crippen molar-refractivity contribution in [3.05, 3.63) is 11.6 Å². The molecule has 0 amide bonds. The van der Waals surface area contributed by atoms with Crippen LogP contribution >= 0.6 is 0 Å². The SMILES string of the molecule is C[C@]1(O)CCC2C3CCC4=CC(=O)CC[C@]4(C)[C@@]3(F)[C@@H](O)C[C@@]21C. The number of hydrogen-bond acceptors (Lipinski definition) is 3. The van der Waals surface area contributed by atoms with Gasteiger partial charge in [0.1, 0.15) is 5.67 Å². The van der Waals surface area contributed by atoms with Gasteiger partial charge in [0.25, 0.3) is 0 Å². The van der Waals surface area contributed by atoms with E-state index in [-0.39, 0.29) is 17.6 Å². The van der Waals surface area contributed by atoms with Crippen molar-refractivity contribution in [2.75, 3.05) is 0 Å². The molecule has 4 aliphatic carbocycles. The fourth-order valence-electron chi connectivity index (χ4n) is 6.79. The summed E-state index contributed by atoms with van der Waals surface area (Å²) in [6.07, 6.45) is 4.60. The fourth-order valence-corrected chi connectivity index (χ4v) is 6.79. The number of allylic oxidation sites excluding steroid dienone is 1. The normalized spacial score (nSPS) is 57.0. The molecule has 3 saturated carbocycles. The van der Waals surface area contributed by atoms with Gasteiger partial charge in [0, 0.05) is 23.2 Å². The summed E-state index contributed by atoms with van der Waals surface area (Å²) in [5.74, 6) is -0.0593. The van der Waals surface area contributed by atoms with Gasteiger partial charge in [0.2, 0.25) is 0 Å². The van der Waals surface area contributed by atoms with E-state index in [1.54, 1.807) is 6.08 Å². The largest absolute Gasteiger partial charge is 0.390 e. The summed E-state index contributed by atoms with van der Waals surface area (Å²) in [5, 5.41) is 21.9. The van der Waals surface area contributed by atoms with Crippen molar-refractivity contribution in [1.29, 1.82) is 0 Å². The van der Waals surface area contributed by atoms with Gasteiger partial charge in [-0.15, -0.1) is 0 Å². The summed E-state index contributed by atoms with van der Waals surface area (Å²) in [4.78, 5) is 11.8. The van der Waals surface area contributed by atoms with E-state index in [4.69, 9.17) is 0 Å². The molecule has 0 aromatic carbocycles. The van der Waals surface area contributed by atoms with E-state index in [2.05, 4.69) is 0 Å². The van der Waals surface area contributed by atoms with E-state index >= 15 is 4.39 Å². The molecule has 4 rings (SSSR count). The average molecular weight is 336 g/mol. The molecule has 0 aliphatic heterocycles. The summed E-state index contributed by atoms with van der Waals surface area (Å²) in [6.45, 7) is 5.79. The monoisotopic (exact) mass is 336 g/mol. The van der Waals surface area contributed by atoms with E-state index in [1.807, 2.05) is 20.8 Å². The summed E-state index contributed by atoms with van der Waals surface area (Å²) in [7, 11) is 0. The van der Waals surface area contributed by atoms with Gasteiger partial charge >= 0.3 is 0 Å². The Morgan fingerprint density at radius 1 is 1.12 bits per heavy atom. The summed E-state index contributed by atoms with van der Waals surface area (Å²) < 4.78 is 16.6. The Kier molecular flexibility index (Phi) is 3.27. The molecular formula is C20H29FO3. The molecule has 0 bridgehead atoms. The molecule has 24 heavy (non-hydrogen) atoms. The zero-order chi connectivity index (χ0) is 17.5. The van der Waals surface area contributed by atoms with E-state index in [9.17, 15) is 15.0 Å². The first-order chi connectivity index (χ1) is 11.1. The fraction of sp³-hybridized carbons (Fsp3) is 0.850. The van der Waals surface area contributed by atoms with E-state index in [0.717, 1.165) is 18.4 Å². The molecule has 3 nitrogen and oxygen atoms in total. The number of hydrogen-bond donors (Lipinski definition) is 2. The molecule has 2 N–H and O–H groups in total. The van der Waals surface area contributed by atoms with Gasteiger partial charge in [-0.2, -0.15) is 0 Å². The maximum atomic E-state index is 16.6. The number of ketones is 1. The van der Waals surface area contributed by atoms with Crippen molar-refractivity contribution in [1.82, 2.24) is 0 Å². The van der Waals surface area contributed by atoms with Gasteiger partial charge in [-0.25, -0.2) is 4.39 Å². The quantitative estimate of drug-likeness (QED) is 0.713. The van der Waals surface area contributed by atoms with Crippen molar-refractivity contribution in [3.63, 3.8) is 0 Å². The van der Waals surface area contributed by atoms with Crippen molar-refractivity contribution in [3.8, 4) is 0 Å². The number of aliphatic hydroxyl groups is 2. The molecule has 0 spiro atoms. The second-order valence-corrected chi connectivity index (χ2v) is 9.44. The number of alkyl halides is 1. The third-order valence-corrected chi connectivity index (χ3v) is 8.60. The van der Waals surface area contributed by atoms with E-state index < -0.39 is 28.2 Å². The highest BCUT2D eigenvalue weighted by Gasteiger charge is 2.72. The average Bonchev–Trinajstić information content (AvgIpc) is 2.72. The third kappa shape index (κ3) is 1.72. The number of rotatable bonds is 0. The highest BCUT2D eigenvalue weighted by Crippen LogP contribution is 2.70. The van der Waals surface area contributed by atoms with Crippen LogP contribution in [-0.4, -0.2) is 33.4 Å². The standard InChI is InChI=1S/C20H29FO3/c1-17-8-6-13(22)10-12(17)4-5-15-14-7-9-19(3,24)18(14,2)11-16(23)20(15,17)21/h10,14-16,23-24H,4-9,11H2,1-3H3/t14?,15?,16-,17-,18-,19-,20-/m0/s1. The minimum Gasteiger partial charge on any atom is -0.390 e. The Labute approximate surface area is 143 Å². The lowest BCUT2D eigenvalue weighted by Crippen LogP contribution is -2.68. The maximum absolute atomic E-state index is 16.6. The Morgan fingerprint density at radius 3 is 2.54 bits per heavy atom. The molecule has 0 aromatic heterocycles. The first-order valence-corrected chi connectivity index (χ1v) is 9.39. The first kappa shape index (κ1) is 16.7. The second kappa shape index (κ2) is 4.70. The van der Waals surface area contributed by atoms with Crippen molar-refractivity contribution >= 4 is 5.78 Å². The molecule has 0 radical (unpaired) electrons. The second-order valence-electron chi connectivity index (χ2n) is 9.44. The van der Waals surface area contributed by atoms with Crippen LogP contribution in [0.25, 0.3) is 0 Å². The topological polar surface area (TPSA) is 57.5 Å². The number of carbonyl (C=O) groups excluding carboxylic acids is 1. The van der Waals surface area contributed by atoms with Crippen LogP contribution in [0.1, 0.15) is 65.7 Å². The summed E-state index contributed by atoms with van der Waals surface area (Å²) in [5.41, 5.74) is -2.83. The number of carbonyl (C=O) groups is 1. The van der Waals surface area contributed by atoms with Crippen molar-refractivity contribution in [2.45, 2.75) is 83.1 Å². The Balaban J connectivity index is 1.82. The number of fused-ring (bicyclic) bond motifs is 5. The molecule has 3 fully saturated rings. The Hall–Kier alpha value is -0.740. The van der Waals surface area contributed by atoms with Crippen LogP contribution in [0.5, 0.6) is 0 Å². The zero-order valence-corrected chi connectivity index (χ0v) is 14.9. The third-order valence-electron chi connectivity index (χ3n) is 8.60. The number of halogens is 1. The highest BCUT2D eigenvalue weighted by atomic mass is 19.1. The Bertz CT molecular complexity index is 626.